The van der Waals surface area contributed by atoms with Gasteiger partial charge in [0.25, 0.3) is 0 Å². The van der Waals surface area contributed by atoms with Gasteiger partial charge in [0.2, 0.25) is 0 Å². The van der Waals surface area contributed by atoms with Crippen LogP contribution in [0.2, 0.25) is 5.02 Å². The number of Topliss-reactive ketones (excluding diaryl/α,β-unsaturated/α-hetero) is 1. The van der Waals surface area contributed by atoms with E-state index in [1.807, 2.05) is 18.2 Å². The zero-order chi connectivity index (χ0) is 14.8. The first-order valence-corrected chi connectivity index (χ1v) is 6.84. The van der Waals surface area contributed by atoms with Crippen LogP contribution in [0.25, 0.3) is 10.9 Å². The molecule has 2 aromatic carbocycles. The van der Waals surface area contributed by atoms with Gasteiger partial charge in [0, 0.05) is 34.1 Å². The molecule has 0 unspecified atom stereocenters. The maximum absolute atomic E-state index is 12.5. The van der Waals surface area contributed by atoms with Crippen molar-refractivity contribution in [3.63, 3.8) is 0 Å². The van der Waals surface area contributed by atoms with Crippen molar-refractivity contribution in [3.8, 4) is 6.07 Å². The van der Waals surface area contributed by atoms with E-state index in [9.17, 15) is 4.79 Å². The summed E-state index contributed by atoms with van der Waals surface area (Å²) in [6.45, 7) is 0. The molecule has 0 aliphatic carbocycles. The van der Waals surface area contributed by atoms with Crippen molar-refractivity contribution in [3.05, 3.63) is 70.4 Å². The fourth-order valence-corrected chi connectivity index (χ4v) is 2.53. The van der Waals surface area contributed by atoms with Crippen LogP contribution < -0.4 is 0 Å². The molecule has 21 heavy (non-hydrogen) atoms. The topological polar surface area (TPSA) is 56.6 Å². The van der Waals surface area contributed by atoms with Crippen LogP contribution in [0.4, 0.5) is 0 Å². The Morgan fingerprint density at radius 1 is 1.24 bits per heavy atom. The number of carbonyl (C=O) groups is 1. The van der Waals surface area contributed by atoms with Gasteiger partial charge in [0.15, 0.2) is 5.78 Å². The van der Waals surface area contributed by atoms with Gasteiger partial charge in [-0.2, -0.15) is 5.26 Å². The molecule has 1 aromatic heterocycles. The second-order valence-electron chi connectivity index (χ2n) is 4.77. The van der Waals surface area contributed by atoms with Gasteiger partial charge in [-0.15, -0.1) is 0 Å². The van der Waals surface area contributed by atoms with E-state index in [4.69, 9.17) is 16.9 Å². The van der Waals surface area contributed by atoms with Crippen LogP contribution in [-0.2, 0) is 6.42 Å². The van der Waals surface area contributed by atoms with E-state index in [1.54, 1.807) is 30.5 Å². The van der Waals surface area contributed by atoms with E-state index in [0.29, 0.717) is 16.1 Å². The normalized spacial score (nSPS) is 10.5. The molecule has 3 aromatic rings. The van der Waals surface area contributed by atoms with Crippen LogP contribution in [0.3, 0.4) is 0 Å². The molecule has 0 aliphatic rings. The highest BCUT2D eigenvalue weighted by Crippen LogP contribution is 2.23. The molecule has 0 amide bonds. The Bertz CT molecular complexity index is 874. The molecule has 0 atom stereocenters. The quantitative estimate of drug-likeness (QED) is 0.739. The third kappa shape index (κ3) is 2.54. The molecule has 1 heterocycles. The second kappa shape index (κ2) is 5.43. The number of ketones is 1. The summed E-state index contributed by atoms with van der Waals surface area (Å²) in [6.07, 6.45) is 1.93. The number of rotatable bonds is 3. The minimum atomic E-state index is -0.0237. The Kier molecular flexibility index (Phi) is 3.47. The molecular formula is C17H11ClN2O. The van der Waals surface area contributed by atoms with Crippen molar-refractivity contribution in [2.24, 2.45) is 0 Å². The maximum Gasteiger partial charge on any atom is 0.169 e. The lowest BCUT2D eigenvalue weighted by molar-refractivity contribution is 0.0994. The summed E-state index contributed by atoms with van der Waals surface area (Å²) in [5, 5.41) is 10.3. The highest BCUT2D eigenvalue weighted by molar-refractivity contribution is 6.31. The van der Waals surface area contributed by atoms with Crippen LogP contribution in [0, 0.1) is 11.3 Å². The van der Waals surface area contributed by atoms with Gasteiger partial charge < -0.3 is 4.98 Å². The largest absolute Gasteiger partial charge is 0.360 e. The number of benzene rings is 2. The molecule has 102 valence electrons. The average molecular weight is 295 g/mol. The third-order valence-electron chi connectivity index (χ3n) is 3.42. The fourth-order valence-electron chi connectivity index (χ4n) is 2.33. The summed E-state index contributed by atoms with van der Waals surface area (Å²) in [4.78, 5) is 15.5. The third-order valence-corrected chi connectivity index (χ3v) is 3.79. The molecule has 0 saturated heterocycles. The van der Waals surface area contributed by atoms with Gasteiger partial charge in [0.1, 0.15) is 0 Å². The number of fused-ring (bicyclic) bond motifs is 1. The first-order chi connectivity index (χ1) is 10.2. The molecule has 0 bridgehead atoms. The van der Waals surface area contributed by atoms with E-state index in [1.165, 1.54) is 0 Å². The van der Waals surface area contributed by atoms with Crippen LogP contribution in [0.15, 0.2) is 48.7 Å². The monoisotopic (exact) mass is 294 g/mol. The first-order valence-electron chi connectivity index (χ1n) is 6.47. The van der Waals surface area contributed by atoms with Crippen LogP contribution in [0.5, 0.6) is 0 Å². The fraction of sp³-hybridized carbons (Fsp3) is 0.0588. The van der Waals surface area contributed by atoms with Crippen molar-refractivity contribution >= 4 is 28.3 Å². The molecule has 0 aliphatic heterocycles. The van der Waals surface area contributed by atoms with E-state index < -0.39 is 0 Å². The summed E-state index contributed by atoms with van der Waals surface area (Å²) in [5.74, 6) is -0.0237. The van der Waals surface area contributed by atoms with Crippen molar-refractivity contribution < 1.29 is 4.79 Å². The smallest absolute Gasteiger partial charge is 0.169 e. The first kappa shape index (κ1) is 13.4. The van der Waals surface area contributed by atoms with E-state index in [0.717, 1.165) is 16.5 Å². The Morgan fingerprint density at radius 2 is 2.05 bits per heavy atom. The number of hydrogen-bond acceptors (Lipinski definition) is 2. The number of hydrogen-bond donors (Lipinski definition) is 1. The summed E-state index contributed by atoms with van der Waals surface area (Å²) < 4.78 is 0. The van der Waals surface area contributed by atoms with E-state index >= 15 is 0 Å². The predicted octanol–water partition coefficient (Wildman–Crippen LogP) is 4.12. The van der Waals surface area contributed by atoms with Crippen molar-refractivity contribution in [2.75, 3.05) is 0 Å². The minimum absolute atomic E-state index is 0.0237. The Balaban J connectivity index is 1.99. The lowest BCUT2D eigenvalue weighted by Crippen LogP contribution is -2.03. The number of nitrogens with one attached hydrogen (secondary N) is 1. The minimum Gasteiger partial charge on any atom is -0.360 e. The van der Waals surface area contributed by atoms with Gasteiger partial charge in [-0.3, -0.25) is 4.79 Å². The predicted molar refractivity (Wildman–Crippen MR) is 82.5 cm³/mol. The number of aromatic amines is 1. The maximum atomic E-state index is 12.5. The molecule has 3 nitrogen and oxygen atoms in total. The number of H-pyrrole nitrogens is 1. The number of aromatic nitrogens is 1. The number of nitriles is 1. The Labute approximate surface area is 126 Å². The molecular weight excluding hydrogens is 284 g/mol. The Hall–Kier alpha value is -2.57. The van der Waals surface area contributed by atoms with Gasteiger partial charge >= 0.3 is 0 Å². The highest BCUT2D eigenvalue weighted by atomic mass is 35.5. The lowest BCUT2D eigenvalue weighted by atomic mass is 10.0. The van der Waals surface area contributed by atoms with Gasteiger partial charge in [0.05, 0.1) is 11.6 Å². The summed E-state index contributed by atoms with van der Waals surface area (Å²) in [6, 6.07) is 14.7. The molecule has 0 radical (unpaired) electrons. The standard InChI is InChI=1S/C17H11ClN2O/c18-15-4-2-1-3-12(15)8-17(21)14-10-20-16-6-5-11(9-19)7-13(14)16/h1-7,10,20H,8H2. The summed E-state index contributed by atoms with van der Waals surface area (Å²) in [7, 11) is 0. The summed E-state index contributed by atoms with van der Waals surface area (Å²) in [5.41, 5.74) is 2.77. The molecule has 1 N–H and O–H groups in total. The number of halogens is 1. The van der Waals surface area contributed by atoms with Crippen LogP contribution >= 0.6 is 11.6 Å². The number of nitrogens with zero attached hydrogens (tertiary/aromatic N) is 1. The van der Waals surface area contributed by atoms with Gasteiger partial charge in [-0.1, -0.05) is 29.8 Å². The molecule has 0 saturated carbocycles. The lowest BCUT2D eigenvalue weighted by Gasteiger charge is -2.03. The van der Waals surface area contributed by atoms with E-state index in [-0.39, 0.29) is 12.2 Å². The zero-order valence-electron chi connectivity index (χ0n) is 11.1. The second-order valence-corrected chi connectivity index (χ2v) is 5.17. The van der Waals surface area contributed by atoms with Gasteiger partial charge in [-0.05, 0) is 29.8 Å². The molecule has 4 heteroatoms. The average Bonchev–Trinajstić information content (AvgIpc) is 2.92. The summed E-state index contributed by atoms with van der Waals surface area (Å²) >= 11 is 6.09. The highest BCUT2D eigenvalue weighted by Gasteiger charge is 2.14. The zero-order valence-corrected chi connectivity index (χ0v) is 11.8. The molecule has 3 rings (SSSR count). The van der Waals surface area contributed by atoms with Crippen molar-refractivity contribution in [2.45, 2.75) is 6.42 Å². The molecule has 0 fully saturated rings. The van der Waals surface area contributed by atoms with Crippen molar-refractivity contribution in [1.29, 1.82) is 5.26 Å². The SMILES string of the molecule is N#Cc1ccc2[nH]cc(C(=O)Cc3ccccc3Cl)c2c1. The van der Waals surface area contributed by atoms with Crippen molar-refractivity contribution in [1.82, 2.24) is 4.98 Å². The van der Waals surface area contributed by atoms with Crippen LogP contribution in [-0.4, -0.2) is 10.8 Å². The number of carbonyl (C=O) groups excluding carboxylic acids is 1. The van der Waals surface area contributed by atoms with Crippen LogP contribution in [0.1, 0.15) is 21.5 Å². The van der Waals surface area contributed by atoms with Gasteiger partial charge in [-0.25, -0.2) is 0 Å². The Morgan fingerprint density at radius 3 is 2.81 bits per heavy atom. The van der Waals surface area contributed by atoms with E-state index in [2.05, 4.69) is 11.1 Å². The molecule has 0 spiro atoms.